The van der Waals surface area contributed by atoms with E-state index in [0.717, 1.165) is 21.7 Å². The molecule has 0 atom stereocenters. The number of aromatic nitrogens is 3. The molecule has 0 aliphatic carbocycles. The van der Waals surface area contributed by atoms with Crippen molar-refractivity contribution in [3.63, 3.8) is 0 Å². The Balaban J connectivity index is 2.70. The maximum Gasteiger partial charge on any atom is 0.166 e. The average molecular weight is 363 g/mol. The van der Waals surface area contributed by atoms with Gasteiger partial charge in [0.25, 0.3) is 0 Å². The van der Waals surface area contributed by atoms with Crippen LogP contribution in [-0.4, -0.2) is 14.8 Å². The second-order valence-corrected chi connectivity index (χ2v) is 6.68. The van der Waals surface area contributed by atoms with Crippen LogP contribution in [0.4, 0.5) is 0 Å². The molecule has 2 rings (SSSR count). The molecular formula is C13H14BrCl2N3. The van der Waals surface area contributed by atoms with Crippen molar-refractivity contribution in [2.45, 2.75) is 32.2 Å². The van der Waals surface area contributed by atoms with Gasteiger partial charge < -0.3 is 4.57 Å². The van der Waals surface area contributed by atoms with Crippen molar-refractivity contribution in [1.29, 1.82) is 0 Å². The van der Waals surface area contributed by atoms with E-state index in [1.165, 1.54) is 0 Å². The third-order valence-electron chi connectivity index (χ3n) is 2.71. The van der Waals surface area contributed by atoms with E-state index < -0.39 is 0 Å². The maximum atomic E-state index is 6.34. The third-order valence-corrected chi connectivity index (χ3v) is 4.25. The van der Waals surface area contributed by atoms with Crippen molar-refractivity contribution in [2.75, 3.05) is 0 Å². The Morgan fingerprint density at radius 1 is 1.26 bits per heavy atom. The lowest BCUT2D eigenvalue weighted by atomic mass is 10.1. The minimum absolute atomic E-state index is 0.172. The van der Waals surface area contributed by atoms with Gasteiger partial charge in [0.05, 0.1) is 10.9 Å². The predicted octanol–water partition coefficient (Wildman–Crippen LogP) is 4.85. The zero-order chi connectivity index (χ0) is 14.2. The molecule has 0 saturated heterocycles. The van der Waals surface area contributed by atoms with Crippen LogP contribution in [-0.2, 0) is 11.4 Å². The second kappa shape index (κ2) is 5.43. The lowest BCUT2D eigenvalue weighted by Gasteiger charge is -2.25. The van der Waals surface area contributed by atoms with Crippen molar-refractivity contribution in [2.24, 2.45) is 0 Å². The Labute approximate surface area is 131 Å². The molecular weight excluding hydrogens is 349 g/mol. The third kappa shape index (κ3) is 2.81. The molecule has 19 heavy (non-hydrogen) atoms. The summed E-state index contributed by atoms with van der Waals surface area (Å²) in [5.74, 6) is 1.78. The fraction of sp³-hybridized carbons (Fsp3) is 0.385. The molecule has 3 nitrogen and oxygen atoms in total. The molecule has 6 heteroatoms. The number of nitrogens with zero attached hydrogens (tertiary/aromatic N) is 3. The number of hydrogen-bond acceptors (Lipinski definition) is 2. The van der Waals surface area contributed by atoms with E-state index in [1.54, 1.807) is 0 Å². The molecule has 1 aromatic heterocycles. The number of hydrogen-bond donors (Lipinski definition) is 0. The topological polar surface area (TPSA) is 30.7 Å². The van der Waals surface area contributed by atoms with Gasteiger partial charge >= 0.3 is 0 Å². The van der Waals surface area contributed by atoms with Crippen LogP contribution in [0.1, 0.15) is 26.6 Å². The van der Waals surface area contributed by atoms with Crippen LogP contribution in [0.2, 0.25) is 5.02 Å². The van der Waals surface area contributed by atoms with Gasteiger partial charge in [0.2, 0.25) is 0 Å². The molecule has 0 amide bonds. The van der Waals surface area contributed by atoms with E-state index in [0.29, 0.717) is 10.9 Å². The van der Waals surface area contributed by atoms with Crippen molar-refractivity contribution in [3.8, 4) is 11.4 Å². The second-order valence-electron chi connectivity index (χ2n) is 5.18. The minimum Gasteiger partial charge on any atom is -0.305 e. The van der Waals surface area contributed by atoms with Crippen LogP contribution in [0, 0.1) is 0 Å². The van der Waals surface area contributed by atoms with Gasteiger partial charge in [0, 0.05) is 15.6 Å². The highest BCUT2D eigenvalue weighted by molar-refractivity contribution is 9.10. The summed E-state index contributed by atoms with van der Waals surface area (Å²) in [6.45, 7) is 6.26. The molecule has 0 unspecified atom stereocenters. The van der Waals surface area contributed by atoms with E-state index in [-0.39, 0.29) is 5.54 Å². The molecule has 1 aromatic carbocycles. The van der Waals surface area contributed by atoms with Crippen LogP contribution < -0.4 is 0 Å². The average Bonchev–Trinajstić information content (AvgIpc) is 2.76. The zero-order valence-electron chi connectivity index (χ0n) is 10.9. The maximum absolute atomic E-state index is 6.34. The predicted molar refractivity (Wildman–Crippen MR) is 82.7 cm³/mol. The van der Waals surface area contributed by atoms with E-state index in [4.69, 9.17) is 23.2 Å². The number of halogens is 3. The summed E-state index contributed by atoms with van der Waals surface area (Å²) >= 11 is 15.7. The van der Waals surface area contributed by atoms with Gasteiger partial charge in [-0.3, -0.25) is 0 Å². The summed E-state index contributed by atoms with van der Waals surface area (Å²) in [6, 6.07) is 5.75. The van der Waals surface area contributed by atoms with Crippen molar-refractivity contribution < 1.29 is 0 Å². The van der Waals surface area contributed by atoms with E-state index in [1.807, 2.05) is 22.8 Å². The summed E-state index contributed by atoms with van der Waals surface area (Å²) in [5, 5.41) is 9.03. The standard InChI is InChI=1S/C13H14BrCl2N3/c1-13(2,3)19-10(7-15)17-18-12(19)8-5-4-6-9(14)11(8)16/h4-6H,7H2,1-3H3. The molecule has 0 saturated carbocycles. The smallest absolute Gasteiger partial charge is 0.166 e. The number of rotatable bonds is 2. The lowest BCUT2D eigenvalue weighted by molar-refractivity contribution is 0.390. The van der Waals surface area contributed by atoms with Crippen molar-refractivity contribution in [3.05, 3.63) is 33.5 Å². The first-order valence-electron chi connectivity index (χ1n) is 5.81. The molecule has 1 heterocycles. The van der Waals surface area contributed by atoms with Crippen LogP contribution in [0.3, 0.4) is 0 Å². The summed E-state index contributed by atoms with van der Waals surface area (Å²) in [4.78, 5) is 0. The Hall–Kier alpha value is -0.580. The SMILES string of the molecule is CC(C)(C)n1c(CCl)nnc1-c1cccc(Br)c1Cl. The first-order valence-corrected chi connectivity index (χ1v) is 7.52. The van der Waals surface area contributed by atoms with Gasteiger partial charge in [-0.05, 0) is 48.8 Å². The first-order chi connectivity index (χ1) is 8.86. The van der Waals surface area contributed by atoms with E-state index in [2.05, 4.69) is 46.9 Å². The Bertz CT molecular complexity index is 602. The van der Waals surface area contributed by atoms with E-state index in [9.17, 15) is 0 Å². The summed E-state index contributed by atoms with van der Waals surface area (Å²) in [7, 11) is 0. The molecule has 0 radical (unpaired) electrons. The zero-order valence-corrected chi connectivity index (χ0v) is 14.0. The van der Waals surface area contributed by atoms with Crippen LogP contribution in [0.25, 0.3) is 11.4 Å². The van der Waals surface area contributed by atoms with Gasteiger partial charge in [0.1, 0.15) is 5.82 Å². The molecule has 0 aliphatic rings. The minimum atomic E-state index is -0.172. The first kappa shape index (κ1) is 14.8. The Morgan fingerprint density at radius 2 is 1.95 bits per heavy atom. The van der Waals surface area contributed by atoms with Gasteiger partial charge in [-0.25, -0.2) is 0 Å². The highest BCUT2D eigenvalue weighted by Gasteiger charge is 2.24. The van der Waals surface area contributed by atoms with Crippen molar-refractivity contribution >= 4 is 39.1 Å². The van der Waals surface area contributed by atoms with Gasteiger partial charge in [-0.15, -0.1) is 21.8 Å². The highest BCUT2D eigenvalue weighted by atomic mass is 79.9. The highest BCUT2D eigenvalue weighted by Crippen LogP contribution is 2.35. The Kier molecular flexibility index (Phi) is 4.23. The van der Waals surface area contributed by atoms with E-state index >= 15 is 0 Å². The quantitative estimate of drug-likeness (QED) is 0.714. The normalized spacial score (nSPS) is 11.9. The molecule has 102 valence electrons. The largest absolute Gasteiger partial charge is 0.305 e. The lowest BCUT2D eigenvalue weighted by Crippen LogP contribution is -2.24. The summed E-state index contributed by atoms with van der Waals surface area (Å²) in [5.41, 5.74) is 0.671. The Morgan fingerprint density at radius 3 is 2.53 bits per heavy atom. The fourth-order valence-electron chi connectivity index (χ4n) is 1.96. The van der Waals surface area contributed by atoms with Crippen molar-refractivity contribution in [1.82, 2.24) is 14.8 Å². The number of benzene rings is 1. The molecule has 0 spiro atoms. The van der Waals surface area contributed by atoms with Gasteiger partial charge in [0.15, 0.2) is 5.82 Å². The van der Waals surface area contributed by atoms with Gasteiger partial charge in [-0.1, -0.05) is 17.7 Å². The molecule has 0 aliphatic heterocycles. The molecule has 0 N–H and O–H groups in total. The van der Waals surface area contributed by atoms with Gasteiger partial charge in [-0.2, -0.15) is 0 Å². The fourth-order valence-corrected chi connectivity index (χ4v) is 2.71. The molecule has 2 aromatic rings. The summed E-state index contributed by atoms with van der Waals surface area (Å²) in [6.07, 6.45) is 0. The monoisotopic (exact) mass is 361 g/mol. The number of alkyl halides is 1. The summed E-state index contributed by atoms with van der Waals surface area (Å²) < 4.78 is 2.86. The molecule has 0 bridgehead atoms. The van der Waals surface area contributed by atoms with Crippen LogP contribution in [0.5, 0.6) is 0 Å². The molecule has 0 fully saturated rings. The van der Waals surface area contributed by atoms with Crippen LogP contribution in [0.15, 0.2) is 22.7 Å². The van der Waals surface area contributed by atoms with Crippen LogP contribution >= 0.6 is 39.1 Å².